The number of hydrogen-bond donors (Lipinski definition) is 2. The largest absolute Gasteiger partial charge is 0.488 e. The first kappa shape index (κ1) is 15.2. The van der Waals surface area contributed by atoms with Crippen molar-refractivity contribution < 1.29 is 9.94 Å². The molecule has 0 radical (unpaired) electrons. The summed E-state index contributed by atoms with van der Waals surface area (Å²) in [4.78, 5) is 0. The fourth-order valence-corrected chi connectivity index (χ4v) is 2.55. The third-order valence-corrected chi connectivity index (χ3v) is 3.42. The number of oxime groups is 1. The van der Waals surface area contributed by atoms with E-state index >= 15 is 0 Å². The zero-order valence-corrected chi connectivity index (χ0v) is 12.7. The van der Waals surface area contributed by atoms with Crippen molar-refractivity contribution in [2.24, 2.45) is 10.9 Å². The third kappa shape index (κ3) is 3.47. The second-order valence-corrected chi connectivity index (χ2v) is 5.24. The fourth-order valence-electron chi connectivity index (χ4n) is 2.22. The van der Waals surface area contributed by atoms with Gasteiger partial charge >= 0.3 is 0 Å². The van der Waals surface area contributed by atoms with Gasteiger partial charge in [0.2, 0.25) is 0 Å². The van der Waals surface area contributed by atoms with Gasteiger partial charge in [-0.3, -0.25) is 0 Å². The van der Waals surface area contributed by atoms with Crippen molar-refractivity contribution >= 4 is 17.4 Å². The highest BCUT2D eigenvalue weighted by Gasteiger charge is 2.10. The summed E-state index contributed by atoms with van der Waals surface area (Å²) < 4.78 is 5.89. The van der Waals surface area contributed by atoms with Crippen LogP contribution in [0.25, 0.3) is 0 Å². The lowest BCUT2D eigenvalue weighted by Crippen LogP contribution is -2.16. The maximum Gasteiger partial charge on any atom is 0.170 e. The molecule has 0 heterocycles. The lowest BCUT2D eigenvalue weighted by atomic mass is 10.1. The molecule has 0 aliphatic carbocycles. The number of nitrogens with two attached hydrogens (primary N) is 1. The van der Waals surface area contributed by atoms with Gasteiger partial charge in [0, 0.05) is 16.1 Å². The number of rotatable bonds is 4. The van der Waals surface area contributed by atoms with Gasteiger partial charge in [0.1, 0.15) is 12.4 Å². The van der Waals surface area contributed by atoms with Gasteiger partial charge in [-0.05, 0) is 37.1 Å². The first-order valence-corrected chi connectivity index (χ1v) is 6.86. The minimum atomic E-state index is 0.0683. The maximum atomic E-state index is 8.82. The van der Waals surface area contributed by atoms with Crippen LogP contribution in [0.2, 0.25) is 5.02 Å². The van der Waals surface area contributed by atoms with E-state index in [4.69, 9.17) is 27.3 Å². The summed E-state index contributed by atoms with van der Waals surface area (Å²) in [6.07, 6.45) is 0. The molecular formula is C16H17ClN2O2. The Labute approximate surface area is 128 Å². The standard InChI is InChI=1S/C16H17ClN2O2/c1-10-7-13(17)8-11(2)15(10)21-9-12-5-3-4-6-14(12)16(18)19-20/h3-8,20H,9H2,1-2H3,(H2,18,19). The zero-order chi connectivity index (χ0) is 15.4. The molecule has 2 rings (SSSR count). The van der Waals surface area contributed by atoms with Crippen LogP contribution >= 0.6 is 11.6 Å². The molecule has 0 unspecified atom stereocenters. The molecule has 0 amide bonds. The smallest absolute Gasteiger partial charge is 0.170 e. The molecule has 0 saturated carbocycles. The Morgan fingerprint density at radius 2 is 1.86 bits per heavy atom. The minimum absolute atomic E-state index is 0.0683. The average molecular weight is 305 g/mol. The molecule has 0 fully saturated rings. The van der Waals surface area contributed by atoms with Crippen LogP contribution in [0.1, 0.15) is 22.3 Å². The van der Waals surface area contributed by atoms with Gasteiger partial charge in [0.05, 0.1) is 0 Å². The van der Waals surface area contributed by atoms with E-state index in [9.17, 15) is 0 Å². The van der Waals surface area contributed by atoms with Gasteiger partial charge in [-0.15, -0.1) is 0 Å². The van der Waals surface area contributed by atoms with Crippen LogP contribution in [0.15, 0.2) is 41.6 Å². The molecule has 0 aliphatic rings. The lowest BCUT2D eigenvalue weighted by molar-refractivity contribution is 0.301. The Balaban J connectivity index is 2.26. The van der Waals surface area contributed by atoms with Gasteiger partial charge in [0.15, 0.2) is 5.84 Å². The van der Waals surface area contributed by atoms with Crippen molar-refractivity contribution in [2.75, 3.05) is 0 Å². The summed E-state index contributed by atoms with van der Waals surface area (Å²) in [5.74, 6) is 0.868. The molecule has 3 N–H and O–H groups in total. The molecule has 0 spiro atoms. The Kier molecular flexibility index (Phi) is 4.70. The molecule has 0 aliphatic heterocycles. The van der Waals surface area contributed by atoms with E-state index in [1.54, 1.807) is 6.07 Å². The highest BCUT2D eigenvalue weighted by atomic mass is 35.5. The molecule has 0 atom stereocenters. The minimum Gasteiger partial charge on any atom is -0.488 e. The van der Waals surface area contributed by atoms with Crippen LogP contribution in [0, 0.1) is 13.8 Å². The van der Waals surface area contributed by atoms with Gasteiger partial charge < -0.3 is 15.7 Å². The van der Waals surface area contributed by atoms with E-state index < -0.39 is 0 Å². The lowest BCUT2D eigenvalue weighted by Gasteiger charge is -2.14. The quantitative estimate of drug-likeness (QED) is 0.392. The SMILES string of the molecule is Cc1cc(Cl)cc(C)c1OCc1ccccc1/C(N)=N/O. The van der Waals surface area contributed by atoms with Crippen LogP contribution in [0.5, 0.6) is 5.75 Å². The Bertz CT molecular complexity index is 661. The number of aryl methyl sites for hydroxylation is 2. The topological polar surface area (TPSA) is 67.8 Å². The number of benzene rings is 2. The Morgan fingerprint density at radius 3 is 2.48 bits per heavy atom. The highest BCUT2D eigenvalue weighted by Crippen LogP contribution is 2.28. The summed E-state index contributed by atoms with van der Waals surface area (Å²) in [7, 11) is 0. The van der Waals surface area contributed by atoms with E-state index in [1.807, 2.05) is 44.2 Å². The van der Waals surface area contributed by atoms with Crippen molar-refractivity contribution in [3.63, 3.8) is 0 Å². The van der Waals surface area contributed by atoms with Crippen LogP contribution < -0.4 is 10.5 Å². The van der Waals surface area contributed by atoms with Gasteiger partial charge in [0.25, 0.3) is 0 Å². The second-order valence-electron chi connectivity index (χ2n) is 4.80. The molecule has 110 valence electrons. The first-order chi connectivity index (χ1) is 10.0. The van der Waals surface area contributed by atoms with Crippen molar-refractivity contribution in [2.45, 2.75) is 20.5 Å². The molecular weight excluding hydrogens is 288 g/mol. The number of amidine groups is 1. The third-order valence-electron chi connectivity index (χ3n) is 3.20. The van der Waals surface area contributed by atoms with Crippen LogP contribution in [-0.2, 0) is 6.61 Å². The van der Waals surface area contributed by atoms with Crippen molar-refractivity contribution in [1.82, 2.24) is 0 Å². The fraction of sp³-hybridized carbons (Fsp3) is 0.188. The second kappa shape index (κ2) is 6.50. The molecule has 2 aromatic rings. The molecule has 0 saturated heterocycles. The van der Waals surface area contributed by atoms with E-state index in [-0.39, 0.29) is 5.84 Å². The molecule has 21 heavy (non-hydrogen) atoms. The van der Waals surface area contributed by atoms with Crippen LogP contribution in [0.4, 0.5) is 0 Å². The summed E-state index contributed by atoms with van der Waals surface area (Å²) >= 11 is 6.01. The van der Waals surface area contributed by atoms with E-state index in [0.717, 1.165) is 22.4 Å². The molecule has 4 nitrogen and oxygen atoms in total. The van der Waals surface area contributed by atoms with Crippen molar-refractivity contribution in [3.05, 3.63) is 63.7 Å². The van der Waals surface area contributed by atoms with Crippen molar-refractivity contribution in [1.29, 1.82) is 0 Å². The molecule has 0 bridgehead atoms. The number of ether oxygens (including phenoxy) is 1. The molecule has 5 heteroatoms. The molecule has 0 aromatic heterocycles. The van der Waals surface area contributed by atoms with E-state index in [2.05, 4.69) is 5.16 Å². The van der Waals surface area contributed by atoms with Crippen molar-refractivity contribution in [3.8, 4) is 5.75 Å². The predicted octanol–water partition coefficient (Wildman–Crippen LogP) is 3.63. The average Bonchev–Trinajstić information content (AvgIpc) is 2.45. The normalized spacial score (nSPS) is 11.5. The number of halogens is 1. The summed E-state index contributed by atoms with van der Waals surface area (Å²) in [6, 6.07) is 11.1. The molecule has 2 aromatic carbocycles. The highest BCUT2D eigenvalue weighted by molar-refractivity contribution is 6.30. The summed E-state index contributed by atoms with van der Waals surface area (Å²) in [5, 5.41) is 12.6. The predicted molar refractivity (Wildman–Crippen MR) is 84.2 cm³/mol. The van der Waals surface area contributed by atoms with Gasteiger partial charge in [-0.2, -0.15) is 0 Å². The summed E-state index contributed by atoms with van der Waals surface area (Å²) in [5.41, 5.74) is 9.12. The van der Waals surface area contributed by atoms with Gasteiger partial charge in [-0.25, -0.2) is 0 Å². The maximum absolute atomic E-state index is 8.82. The van der Waals surface area contributed by atoms with E-state index in [0.29, 0.717) is 17.2 Å². The monoisotopic (exact) mass is 304 g/mol. The van der Waals surface area contributed by atoms with Crippen LogP contribution in [0.3, 0.4) is 0 Å². The van der Waals surface area contributed by atoms with E-state index in [1.165, 1.54) is 0 Å². The number of hydrogen-bond acceptors (Lipinski definition) is 3. The van der Waals surface area contributed by atoms with Gasteiger partial charge in [-0.1, -0.05) is 41.0 Å². The number of nitrogens with zero attached hydrogens (tertiary/aromatic N) is 1. The Hall–Kier alpha value is -2.20. The zero-order valence-electron chi connectivity index (χ0n) is 11.9. The first-order valence-electron chi connectivity index (χ1n) is 6.48. The van der Waals surface area contributed by atoms with Crippen LogP contribution in [-0.4, -0.2) is 11.0 Å². The Morgan fingerprint density at radius 1 is 1.24 bits per heavy atom. The summed E-state index contributed by atoms with van der Waals surface area (Å²) in [6.45, 7) is 4.23.